The lowest BCUT2D eigenvalue weighted by Gasteiger charge is -2.36. The zero-order chi connectivity index (χ0) is 33.8. The number of rotatable bonds is 16. The first-order chi connectivity index (χ1) is 19.0. The molecule has 0 aromatic carbocycles. The van der Waals surface area contributed by atoms with Gasteiger partial charge in [-0.1, -0.05) is 0 Å². The van der Waals surface area contributed by atoms with Gasteiger partial charge in [-0.2, -0.15) is 7.82 Å². The zero-order valence-electron chi connectivity index (χ0n) is 31.6. The van der Waals surface area contributed by atoms with Crippen LogP contribution in [-0.4, -0.2) is 128 Å². The first kappa shape index (κ1) is 54.4. The first-order valence-electron chi connectivity index (χ1n) is 17.1. The Hall–Kier alpha value is -0.0900. The highest BCUT2D eigenvalue weighted by Gasteiger charge is 2.18. The molecule has 9 nitrogen and oxygen atoms in total. The van der Waals surface area contributed by atoms with E-state index >= 15 is 0 Å². The third-order valence-electron chi connectivity index (χ3n) is 10.7. The summed E-state index contributed by atoms with van der Waals surface area (Å²) in [6.07, 6.45) is 0. The third-order valence-corrected chi connectivity index (χ3v) is 10.7. The Balaban J connectivity index is -0.0000000970. The third kappa shape index (κ3) is 26.3. The van der Waals surface area contributed by atoms with Gasteiger partial charge in [0, 0.05) is 0 Å². The Morgan fingerprint density at radius 2 is 0.357 bits per heavy atom. The molecule has 0 aromatic rings. The van der Waals surface area contributed by atoms with Crippen LogP contribution in [0.15, 0.2) is 0 Å². The Bertz CT molecular complexity index is 417. The minimum atomic E-state index is -5.39. The van der Waals surface area contributed by atoms with Crippen molar-refractivity contribution in [2.45, 2.75) is 111 Å². The maximum Gasteiger partial charge on any atom is 0.0757 e. The predicted octanol–water partition coefficient (Wildman–Crippen LogP) is 4.53. The number of hydrogen-bond acceptors (Lipinski definition) is 5. The van der Waals surface area contributed by atoms with E-state index in [0.717, 1.165) is 0 Å². The topological polar surface area (TPSA) is 116 Å². The van der Waals surface area contributed by atoms with Gasteiger partial charge in [-0.15, -0.1) is 0 Å². The van der Waals surface area contributed by atoms with E-state index in [-0.39, 0.29) is 5.48 Å². The van der Waals surface area contributed by atoms with Crippen molar-refractivity contribution in [1.29, 1.82) is 0 Å². The van der Waals surface area contributed by atoms with E-state index < -0.39 is 7.82 Å². The largest absolute Gasteiger partial charge is 0.870 e. The predicted molar refractivity (Wildman–Crippen MR) is 179 cm³/mol. The molecule has 42 heavy (non-hydrogen) atoms. The van der Waals surface area contributed by atoms with Crippen LogP contribution in [-0.2, 0) is 4.57 Å². The smallest absolute Gasteiger partial charge is 0.0757 e. The molecule has 0 bridgehead atoms. The molecule has 0 saturated carbocycles. The van der Waals surface area contributed by atoms with E-state index in [1.54, 1.807) is 0 Å². The standard InChI is InChI=1S/4C8H20N.H3O4P.H2O/c4*1-5-9(6-2,7-3)8-4;1-5(2,3)4;/h4*5-8H2,1-4H3;(H3,1,2,3,4);1H2/q4*+1;;/p-4. The summed E-state index contributed by atoms with van der Waals surface area (Å²) in [5, 5.41) is 0. The van der Waals surface area contributed by atoms with Crippen molar-refractivity contribution in [1.82, 2.24) is 0 Å². The molecule has 0 spiro atoms. The van der Waals surface area contributed by atoms with Crippen LogP contribution in [0, 0.1) is 0 Å². The maximum absolute atomic E-state index is 8.55. The summed E-state index contributed by atoms with van der Waals surface area (Å²) in [5.74, 6) is 0. The second kappa shape index (κ2) is 30.9. The van der Waals surface area contributed by atoms with Gasteiger partial charge in [0.15, 0.2) is 0 Å². The Labute approximate surface area is 265 Å². The van der Waals surface area contributed by atoms with Gasteiger partial charge in [-0.3, -0.25) is 0 Å². The number of phosphoric acid groups is 1. The van der Waals surface area contributed by atoms with Crippen LogP contribution in [0.25, 0.3) is 0 Å². The molecule has 0 fully saturated rings. The minimum absolute atomic E-state index is 0. The Morgan fingerprint density at radius 1 is 0.310 bits per heavy atom. The minimum Gasteiger partial charge on any atom is -0.870 e. The highest BCUT2D eigenvalue weighted by Crippen LogP contribution is 2.05. The second-order valence-electron chi connectivity index (χ2n) is 10.9. The molecule has 0 radical (unpaired) electrons. The normalized spacial score (nSPS) is 11.7. The molecule has 0 rings (SSSR count). The lowest BCUT2D eigenvalue weighted by atomic mass is 10.3. The van der Waals surface area contributed by atoms with Gasteiger partial charge in [0.1, 0.15) is 0 Å². The van der Waals surface area contributed by atoms with Crippen molar-refractivity contribution in [3.8, 4) is 0 Å². The van der Waals surface area contributed by atoms with Crippen LogP contribution in [0.3, 0.4) is 0 Å². The molecule has 1 N–H and O–H groups in total. The fraction of sp³-hybridized carbons (Fsp3) is 1.00. The van der Waals surface area contributed by atoms with Crippen LogP contribution >= 0.6 is 7.82 Å². The molecule has 0 saturated heterocycles. The van der Waals surface area contributed by atoms with Crippen molar-refractivity contribution in [2.75, 3.05) is 105 Å². The van der Waals surface area contributed by atoms with E-state index in [2.05, 4.69) is 111 Å². The lowest BCUT2D eigenvalue weighted by Crippen LogP contribution is -2.47. The summed E-state index contributed by atoms with van der Waals surface area (Å²) >= 11 is 0. The van der Waals surface area contributed by atoms with E-state index in [1.807, 2.05) is 0 Å². The number of quaternary nitrogens is 4. The van der Waals surface area contributed by atoms with Crippen LogP contribution in [0.4, 0.5) is 0 Å². The maximum atomic E-state index is 8.55. The summed E-state index contributed by atoms with van der Waals surface area (Å²) in [7, 11) is -5.39. The quantitative estimate of drug-likeness (QED) is 0.183. The highest BCUT2D eigenvalue weighted by atomic mass is 31.2. The molecule has 0 atom stereocenters. The SMILES string of the molecule is CC[N+](CC)(CC)CC.CC[N+](CC)(CC)CC.CC[N+](CC)(CC)CC.CC[N+](CC)(CC)CC.O=P([O-])([O-])[O-].[OH-]. The summed E-state index contributed by atoms with van der Waals surface area (Å²) in [4.78, 5) is 25.6. The van der Waals surface area contributed by atoms with E-state index in [9.17, 15) is 0 Å². The van der Waals surface area contributed by atoms with Crippen molar-refractivity contribution in [3.63, 3.8) is 0 Å². The molecule has 0 aliphatic rings. The van der Waals surface area contributed by atoms with Gasteiger partial charge in [-0.25, -0.2) is 0 Å². The molecule has 0 heterocycles. The zero-order valence-corrected chi connectivity index (χ0v) is 32.5. The average Bonchev–Trinajstić information content (AvgIpc) is 2.99. The van der Waals surface area contributed by atoms with Crippen molar-refractivity contribution >= 4 is 7.82 Å². The molecule has 0 aliphatic heterocycles. The molecular formula is C32H81N4O5P. The van der Waals surface area contributed by atoms with Gasteiger partial charge >= 0.3 is 0 Å². The summed E-state index contributed by atoms with van der Waals surface area (Å²) in [6, 6.07) is 0. The Morgan fingerprint density at radius 3 is 0.357 bits per heavy atom. The van der Waals surface area contributed by atoms with Gasteiger partial charge in [0.25, 0.3) is 0 Å². The average molecular weight is 633 g/mol. The van der Waals surface area contributed by atoms with Gasteiger partial charge in [-0.05, 0) is 111 Å². The molecule has 0 amide bonds. The molecule has 264 valence electrons. The van der Waals surface area contributed by atoms with Crippen molar-refractivity contribution < 1.29 is 42.7 Å². The van der Waals surface area contributed by atoms with Gasteiger partial charge in [0.2, 0.25) is 0 Å². The van der Waals surface area contributed by atoms with Crippen LogP contribution in [0.2, 0.25) is 0 Å². The highest BCUT2D eigenvalue weighted by molar-refractivity contribution is 7.40. The number of nitrogens with zero attached hydrogens (tertiary/aromatic N) is 4. The summed E-state index contributed by atoms with van der Waals surface area (Å²) in [6.45, 7) is 56.9. The van der Waals surface area contributed by atoms with Crippen molar-refractivity contribution in [2.24, 2.45) is 0 Å². The monoisotopic (exact) mass is 633 g/mol. The first-order valence-corrected chi connectivity index (χ1v) is 18.6. The molecule has 0 unspecified atom stereocenters. The second-order valence-corrected chi connectivity index (χ2v) is 11.8. The molecule has 0 aromatic heterocycles. The van der Waals surface area contributed by atoms with Gasteiger partial charge in [0.05, 0.1) is 105 Å². The van der Waals surface area contributed by atoms with E-state index in [1.165, 1.54) is 123 Å². The van der Waals surface area contributed by atoms with Crippen molar-refractivity contribution in [3.05, 3.63) is 0 Å². The number of hydrogen-bond donors (Lipinski definition) is 0. The fourth-order valence-electron chi connectivity index (χ4n) is 5.37. The summed E-state index contributed by atoms with van der Waals surface area (Å²) < 4.78 is 13.7. The summed E-state index contributed by atoms with van der Waals surface area (Å²) in [5.41, 5.74) is 0. The molecule has 0 aliphatic carbocycles. The Kier molecular flexibility index (Phi) is 40.0. The van der Waals surface area contributed by atoms with Crippen LogP contribution in [0.1, 0.15) is 111 Å². The van der Waals surface area contributed by atoms with E-state index in [0.29, 0.717) is 0 Å². The molecular weight excluding hydrogens is 551 g/mol. The van der Waals surface area contributed by atoms with Crippen LogP contribution < -0.4 is 14.7 Å². The lowest BCUT2D eigenvalue weighted by molar-refractivity contribution is -0.921. The molecule has 10 heteroatoms. The fourth-order valence-corrected chi connectivity index (χ4v) is 5.37. The van der Waals surface area contributed by atoms with Gasteiger partial charge < -0.3 is 42.7 Å². The van der Waals surface area contributed by atoms with E-state index in [4.69, 9.17) is 19.2 Å². The van der Waals surface area contributed by atoms with Crippen LogP contribution in [0.5, 0.6) is 0 Å².